The number of carbonyl (C=O) groups excluding carboxylic acids is 4. The molecule has 0 spiro atoms. The molecule has 96 heavy (non-hydrogen) atoms. The maximum atomic E-state index is 13.1. The van der Waals surface area contributed by atoms with Gasteiger partial charge in [-0.05, 0) is 31.6 Å². The van der Waals surface area contributed by atoms with E-state index in [0.717, 1.165) is 115 Å². The van der Waals surface area contributed by atoms with Crippen LogP contribution in [-0.4, -0.2) is 96.7 Å². The van der Waals surface area contributed by atoms with Crippen LogP contribution in [0.4, 0.5) is 0 Å². The second-order valence-electron chi connectivity index (χ2n) is 28.2. The van der Waals surface area contributed by atoms with Crippen molar-refractivity contribution in [3.63, 3.8) is 0 Å². The van der Waals surface area contributed by atoms with Crippen molar-refractivity contribution in [2.75, 3.05) is 39.6 Å². The van der Waals surface area contributed by atoms with Crippen LogP contribution < -0.4 is 0 Å². The Bertz CT molecular complexity index is 1840. The number of phosphoric ester groups is 2. The highest BCUT2D eigenvalue weighted by Gasteiger charge is 2.30. The molecule has 0 saturated heterocycles. The summed E-state index contributed by atoms with van der Waals surface area (Å²) < 4.78 is 68.3. The molecule has 0 heterocycles. The lowest BCUT2D eigenvalue weighted by Crippen LogP contribution is -2.30. The number of esters is 4. The molecule has 0 amide bonds. The number of carbonyl (C=O) groups is 4. The standard InChI is InChI=1S/C77H150O17P2/c1-6-9-12-15-18-20-21-22-23-24-25-26-27-28-29-34-37-40-43-48-53-58-63-77(82)94-73(67-88-75(80)61-56-51-47-42-39-36-33-31-30-32-35-38-41-45-49-54-59-70(4)5)69-92-96(85,86)90-65-71(78)64-89-95(83,84)91-68-72(66-87-74(79)60-55-50-44-17-14-11-8-3)93-76(81)62-57-52-46-19-16-13-10-7-2/h70-73,78H,6-69H2,1-5H3,(H,83,84)(H,85,86)/t71-,72+,73+/m0/s1. The van der Waals surface area contributed by atoms with Gasteiger partial charge in [-0.15, -0.1) is 0 Å². The van der Waals surface area contributed by atoms with Crippen LogP contribution >= 0.6 is 15.6 Å². The summed E-state index contributed by atoms with van der Waals surface area (Å²) in [4.78, 5) is 72.5. The molecule has 0 aromatic heterocycles. The Morgan fingerprint density at radius 3 is 0.708 bits per heavy atom. The fourth-order valence-corrected chi connectivity index (χ4v) is 13.5. The molecule has 0 aliphatic rings. The van der Waals surface area contributed by atoms with Crippen molar-refractivity contribution in [3.8, 4) is 0 Å². The van der Waals surface area contributed by atoms with Crippen molar-refractivity contribution in [1.29, 1.82) is 0 Å². The molecule has 0 fully saturated rings. The number of rotatable bonds is 77. The SMILES string of the molecule is CCCCCCCCCCCCCCCCCCCCCCCCC(=O)O[C@H](COC(=O)CCCCCCCCCCCCCCCCCCC(C)C)COP(=O)(O)OC[C@@H](O)COP(=O)(O)OC[C@@H](COC(=O)CCCCCCCCC)OC(=O)CCCCCCCCCC. The van der Waals surface area contributed by atoms with Gasteiger partial charge in [-0.25, -0.2) is 9.13 Å². The number of hydrogen-bond donors (Lipinski definition) is 3. The van der Waals surface area contributed by atoms with Gasteiger partial charge in [0.2, 0.25) is 0 Å². The molecule has 0 aliphatic heterocycles. The van der Waals surface area contributed by atoms with E-state index in [1.165, 1.54) is 212 Å². The topological polar surface area (TPSA) is 237 Å². The zero-order chi connectivity index (χ0) is 70.5. The Morgan fingerprint density at radius 1 is 0.281 bits per heavy atom. The van der Waals surface area contributed by atoms with Gasteiger partial charge in [0, 0.05) is 25.7 Å². The van der Waals surface area contributed by atoms with E-state index in [4.69, 9.17) is 37.0 Å². The minimum Gasteiger partial charge on any atom is -0.462 e. The van der Waals surface area contributed by atoms with Crippen LogP contribution in [0.1, 0.15) is 407 Å². The normalized spacial score (nSPS) is 13.9. The van der Waals surface area contributed by atoms with Gasteiger partial charge in [-0.2, -0.15) is 0 Å². The van der Waals surface area contributed by atoms with E-state index in [9.17, 15) is 43.2 Å². The molecule has 17 nitrogen and oxygen atoms in total. The smallest absolute Gasteiger partial charge is 0.462 e. The van der Waals surface area contributed by atoms with Gasteiger partial charge in [0.05, 0.1) is 26.4 Å². The van der Waals surface area contributed by atoms with Crippen molar-refractivity contribution in [1.82, 2.24) is 0 Å². The molecule has 0 saturated carbocycles. The highest BCUT2D eigenvalue weighted by molar-refractivity contribution is 7.47. The highest BCUT2D eigenvalue weighted by atomic mass is 31.2. The quantitative estimate of drug-likeness (QED) is 0.0222. The van der Waals surface area contributed by atoms with Crippen LogP contribution in [0.5, 0.6) is 0 Å². The van der Waals surface area contributed by atoms with Crippen molar-refractivity contribution in [2.45, 2.75) is 425 Å². The molecule has 570 valence electrons. The lowest BCUT2D eigenvalue weighted by Gasteiger charge is -2.21. The highest BCUT2D eigenvalue weighted by Crippen LogP contribution is 2.45. The average Bonchev–Trinajstić information content (AvgIpc) is 1.15. The fourth-order valence-electron chi connectivity index (χ4n) is 11.9. The number of phosphoric acid groups is 2. The Hall–Kier alpha value is -1.94. The molecule has 0 aliphatic carbocycles. The fraction of sp³-hybridized carbons (Fsp3) is 0.948. The summed E-state index contributed by atoms with van der Waals surface area (Å²) in [5.41, 5.74) is 0. The first kappa shape index (κ1) is 94.1. The Labute approximate surface area is 588 Å². The number of ether oxygens (including phenoxy) is 4. The predicted octanol–water partition coefficient (Wildman–Crippen LogP) is 22.9. The lowest BCUT2D eigenvalue weighted by atomic mass is 10.0. The van der Waals surface area contributed by atoms with Gasteiger partial charge < -0.3 is 33.8 Å². The van der Waals surface area contributed by atoms with E-state index in [-0.39, 0.29) is 25.7 Å². The van der Waals surface area contributed by atoms with Crippen molar-refractivity contribution in [3.05, 3.63) is 0 Å². The number of unbranched alkanes of at least 4 members (excludes halogenated alkanes) is 49. The zero-order valence-corrected chi connectivity index (χ0v) is 64.3. The third kappa shape index (κ3) is 70.5. The number of hydrogen-bond acceptors (Lipinski definition) is 15. The predicted molar refractivity (Wildman–Crippen MR) is 391 cm³/mol. The zero-order valence-electron chi connectivity index (χ0n) is 62.5. The van der Waals surface area contributed by atoms with Crippen LogP contribution in [-0.2, 0) is 65.4 Å². The van der Waals surface area contributed by atoms with E-state index in [1.807, 2.05) is 0 Å². The lowest BCUT2D eigenvalue weighted by molar-refractivity contribution is -0.161. The monoisotopic (exact) mass is 1410 g/mol. The van der Waals surface area contributed by atoms with E-state index in [1.54, 1.807) is 0 Å². The first-order valence-corrected chi connectivity index (χ1v) is 43.1. The molecule has 0 radical (unpaired) electrons. The van der Waals surface area contributed by atoms with Crippen LogP contribution in [0.2, 0.25) is 0 Å². The summed E-state index contributed by atoms with van der Waals surface area (Å²) >= 11 is 0. The Kier molecular flexibility index (Phi) is 68.7. The average molecular weight is 1410 g/mol. The summed E-state index contributed by atoms with van der Waals surface area (Å²) in [5, 5.41) is 10.6. The van der Waals surface area contributed by atoms with Crippen molar-refractivity contribution in [2.24, 2.45) is 5.92 Å². The first-order chi connectivity index (χ1) is 46.5. The second kappa shape index (κ2) is 70.1. The Balaban J connectivity index is 5.10. The largest absolute Gasteiger partial charge is 0.472 e. The van der Waals surface area contributed by atoms with E-state index in [2.05, 4.69) is 34.6 Å². The van der Waals surface area contributed by atoms with Crippen molar-refractivity contribution < 1.29 is 80.2 Å². The summed E-state index contributed by atoms with van der Waals surface area (Å²) in [7, 11) is -9.90. The summed E-state index contributed by atoms with van der Waals surface area (Å²) in [6.45, 7) is 7.25. The van der Waals surface area contributed by atoms with Gasteiger partial charge >= 0.3 is 39.5 Å². The van der Waals surface area contributed by atoms with Gasteiger partial charge in [-0.3, -0.25) is 37.3 Å². The third-order valence-electron chi connectivity index (χ3n) is 18.0. The van der Waals surface area contributed by atoms with E-state index < -0.39 is 97.5 Å². The molecule has 0 aromatic carbocycles. The molecule has 19 heteroatoms. The number of aliphatic hydroxyl groups excluding tert-OH is 1. The van der Waals surface area contributed by atoms with Gasteiger partial charge in [0.15, 0.2) is 12.2 Å². The molecule has 2 unspecified atom stereocenters. The second-order valence-corrected chi connectivity index (χ2v) is 31.1. The van der Waals surface area contributed by atoms with E-state index >= 15 is 0 Å². The maximum Gasteiger partial charge on any atom is 0.472 e. The van der Waals surface area contributed by atoms with Crippen LogP contribution in [0.25, 0.3) is 0 Å². The molecular weight excluding hydrogens is 1260 g/mol. The molecule has 0 bridgehead atoms. The molecule has 3 N–H and O–H groups in total. The summed E-state index contributed by atoms with van der Waals surface area (Å²) in [5.74, 6) is -1.31. The maximum absolute atomic E-state index is 13.1. The third-order valence-corrected chi connectivity index (χ3v) is 19.9. The van der Waals surface area contributed by atoms with E-state index in [0.29, 0.717) is 25.7 Å². The first-order valence-electron chi connectivity index (χ1n) is 40.1. The molecule has 0 aromatic rings. The Morgan fingerprint density at radius 2 is 0.479 bits per heavy atom. The van der Waals surface area contributed by atoms with Gasteiger partial charge in [-0.1, -0.05) is 356 Å². The van der Waals surface area contributed by atoms with Crippen LogP contribution in [0.3, 0.4) is 0 Å². The summed E-state index contributed by atoms with van der Waals surface area (Å²) in [6, 6.07) is 0. The van der Waals surface area contributed by atoms with Crippen LogP contribution in [0.15, 0.2) is 0 Å². The van der Waals surface area contributed by atoms with Gasteiger partial charge in [0.1, 0.15) is 19.3 Å². The minimum atomic E-state index is -4.96. The minimum absolute atomic E-state index is 0.105. The summed E-state index contributed by atoms with van der Waals surface area (Å²) in [6.07, 6.45) is 60.2. The van der Waals surface area contributed by atoms with Gasteiger partial charge in [0.25, 0.3) is 0 Å². The molecular formula is C77H150O17P2. The number of aliphatic hydroxyl groups is 1. The molecule has 0 rings (SSSR count). The van der Waals surface area contributed by atoms with Crippen molar-refractivity contribution >= 4 is 39.5 Å². The van der Waals surface area contributed by atoms with Crippen LogP contribution in [0, 0.1) is 5.92 Å². The molecule has 5 atom stereocenters.